The second kappa shape index (κ2) is 7.55. The minimum Gasteiger partial charge on any atom is -0.465 e. The number of fused-ring (bicyclic) bond motifs is 1. The molecular formula is C18H27NO5. The number of epoxide rings is 1. The SMILES string of the molecule is C=C(N)C(=O)OCC1CCC(COC(=O)C2CCC3OC3C2)CC1. The molecule has 6 heteroatoms. The van der Waals surface area contributed by atoms with Crippen molar-refractivity contribution in [1.82, 2.24) is 0 Å². The Labute approximate surface area is 142 Å². The summed E-state index contributed by atoms with van der Waals surface area (Å²) < 4.78 is 16.1. The Kier molecular flexibility index (Phi) is 5.43. The first-order valence-corrected chi connectivity index (χ1v) is 8.96. The molecule has 1 aliphatic heterocycles. The molecular weight excluding hydrogens is 310 g/mol. The van der Waals surface area contributed by atoms with Crippen LogP contribution < -0.4 is 5.73 Å². The van der Waals surface area contributed by atoms with Crippen molar-refractivity contribution < 1.29 is 23.8 Å². The second-order valence-electron chi connectivity index (χ2n) is 7.36. The van der Waals surface area contributed by atoms with Crippen molar-refractivity contribution in [3.05, 3.63) is 12.3 Å². The quantitative estimate of drug-likeness (QED) is 0.452. The third-order valence-corrected chi connectivity index (χ3v) is 5.48. The molecule has 3 fully saturated rings. The molecule has 0 spiro atoms. The van der Waals surface area contributed by atoms with Gasteiger partial charge in [0.1, 0.15) is 5.70 Å². The average Bonchev–Trinajstić information content (AvgIpc) is 3.36. The summed E-state index contributed by atoms with van der Waals surface area (Å²) >= 11 is 0. The van der Waals surface area contributed by atoms with Gasteiger partial charge in [0.05, 0.1) is 31.3 Å². The Hall–Kier alpha value is -1.56. The normalized spacial score (nSPS) is 34.8. The Bertz CT molecular complexity index is 498. The first-order valence-electron chi connectivity index (χ1n) is 8.96. The molecule has 1 heterocycles. The highest BCUT2D eigenvalue weighted by molar-refractivity contribution is 5.86. The van der Waals surface area contributed by atoms with Crippen LogP contribution in [0.4, 0.5) is 0 Å². The van der Waals surface area contributed by atoms with Gasteiger partial charge in [-0.3, -0.25) is 4.79 Å². The van der Waals surface area contributed by atoms with Gasteiger partial charge in [0.25, 0.3) is 0 Å². The van der Waals surface area contributed by atoms with E-state index in [9.17, 15) is 9.59 Å². The van der Waals surface area contributed by atoms with Crippen LogP contribution in [0.1, 0.15) is 44.9 Å². The summed E-state index contributed by atoms with van der Waals surface area (Å²) in [5, 5.41) is 0. The van der Waals surface area contributed by atoms with E-state index >= 15 is 0 Å². The minimum atomic E-state index is -0.527. The van der Waals surface area contributed by atoms with Crippen LogP contribution >= 0.6 is 0 Å². The van der Waals surface area contributed by atoms with Gasteiger partial charge in [0.2, 0.25) is 0 Å². The molecule has 0 radical (unpaired) electrons. The van der Waals surface area contributed by atoms with Gasteiger partial charge in [-0.1, -0.05) is 6.58 Å². The number of rotatable bonds is 6. The Morgan fingerprint density at radius 3 is 2.17 bits per heavy atom. The molecule has 134 valence electrons. The van der Waals surface area contributed by atoms with Crippen molar-refractivity contribution in [3.63, 3.8) is 0 Å². The van der Waals surface area contributed by atoms with Gasteiger partial charge in [-0.05, 0) is 56.8 Å². The predicted molar refractivity (Wildman–Crippen MR) is 86.7 cm³/mol. The predicted octanol–water partition coefficient (Wildman–Crippen LogP) is 1.92. The van der Waals surface area contributed by atoms with Crippen molar-refractivity contribution in [3.8, 4) is 0 Å². The van der Waals surface area contributed by atoms with Gasteiger partial charge < -0.3 is 19.9 Å². The lowest BCUT2D eigenvalue weighted by atomic mass is 9.83. The lowest BCUT2D eigenvalue weighted by Gasteiger charge is -2.28. The minimum absolute atomic E-state index is 0.0221. The Morgan fingerprint density at radius 1 is 0.958 bits per heavy atom. The fraction of sp³-hybridized carbons (Fsp3) is 0.778. The van der Waals surface area contributed by atoms with Crippen molar-refractivity contribution in [2.24, 2.45) is 23.5 Å². The van der Waals surface area contributed by atoms with Crippen LogP contribution in [0.3, 0.4) is 0 Å². The Balaban J connectivity index is 1.30. The molecule has 3 atom stereocenters. The van der Waals surface area contributed by atoms with E-state index in [1.807, 2.05) is 0 Å². The van der Waals surface area contributed by atoms with Crippen LogP contribution in [0, 0.1) is 17.8 Å². The van der Waals surface area contributed by atoms with Crippen LogP contribution in [0.5, 0.6) is 0 Å². The summed E-state index contributed by atoms with van der Waals surface area (Å²) in [4.78, 5) is 23.4. The van der Waals surface area contributed by atoms with E-state index in [4.69, 9.17) is 19.9 Å². The van der Waals surface area contributed by atoms with Crippen LogP contribution in [-0.2, 0) is 23.8 Å². The monoisotopic (exact) mass is 337 g/mol. The molecule has 3 rings (SSSR count). The number of hydrogen-bond acceptors (Lipinski definition) is 6. The average molecular weight is 337 g/mol. The number of hydrogen-bond donors (Lipinski definition) is 1. The van der Waals surface area contributed by atoms with E-state index in [1.54, 1.807) is 0 Å². The molecule has 0 amide bonds. The fourth-order valence-electron chi connectivity index (χ4n) is 3.79. The largest absolute Gasteiger partial charge is 0.465 e. The van der Waals surface area contributed by atoms with E-state index < -0.39 is 5.97 Å². The maximum atomic E-state index is 12.2. The molecule has 3 unspecified atom stereocenters. The van der Waals surface area contributed by atoms with E-state index in [2.05, 4.69) is 6.58 Å². The van der Waals surface area contributed by atoms with E-state index in [1.165, 1.54) is 0 Å². The molecule has 1 saturated heterocycles. The molecule has 2 N–H and O–H groups in total. The van der Waals surface area contributed by atoms with Gasteiger partial charge in [0, 0.05) is 0 Å². The lowest BCUT2D eigenvalue weighted by Crippen LogP contribution is -2.28. The molecule has 0 bridgehead atoms. The van der Waals surface area contributed by atoms with Crippen molar-refractivity contribution in [2.75, 3.05) is 13.2 Å². The third kappa shape index (κ3) is 4.50. The molecule has 24 heavy (non-hydrogen) atoms. The summed E-state index contributed by atoms with van der Waals surface area (Å²) in [5.41, 5.74) is 5.23. The van der Waals surface area contributed by atoms with Gasteiger partial charge >= 0.3 is 11.9 Å². The van der Waals surface area contributed by atoms with Crippen LogP contribution in [0.25, 0.3) is 0 Å². The van der Waals surface area contributed by atoms with Crippen molar-refractivity contribution in [2.45, 2.75) is 57.2 Å². The Morgan fingerprint density at radius 2 is 1.58 bits per heavy atom. The van der Waals surface area contributed by atoms with E-state index in [0.29, 0.717) is 37.3 Å². The highest BCUT2D eigenvalue weighted by Gasteiger charge is 2.46. The topological polar surface area (TPSA) is 91.2 Å². The van der Waals surface area contributed by atoms with E-state index in [0.717, 1.165) is 44.9 Å². The molecule has 2 saturated carbocycles. The van der Waals surface area contributed by atoms with Crippen LogP contribution in [-0.4, -0.2) is 37.4 Å². The van der Waals surface area contributed by atoms with Crippen LogP contribution in [0.2, 0.25) is 0 Å². The van der Waals surface area contributed by atoms with E-state index in [-0.39, 0.29) is 17.6 Å². The summed E-state index contributed by atoms with van der Waals surface area (Å²) in [6, 6.07) is 0. The molecule has 3 aliphatic rings. The third-order valence-electron chi connectivity index (χ3n) is 5.48. The maximum absolute atomic E-state index is 12.2. The number of carbonyl (C=O) groups excluding carboxylic acids is 2. The molecule has 2 aliphatic carbocycles. The fourth-order valence-corrected chi connectivity index (χ4v) is 3.79. The standard InChI is InChI=1S/C18H27NO5/c1-11(19)17(20)22-9-12-2-4-13(5-3-12)10-23-18(21)14-6-7-15-16(8-14)24-15/h12-16H,1-10,19H2. The number of carbonyl (C=O) groups is 2. The summed E-state index contributed by atoms with van der Waals surface area (Å²) in [6.45, 7) is 4.27. The molecule has 0 aromatic heterocycles. The first-order chi connectivity index (χ1) is 11.5. The summed E-state index contributed by atoms with van der Waals surface area (Å²) in [6.07, 6.45) is 7.38. The lowest BCUT2D eigenvalue weighted by molar-refractivity contribution is -0.151. The highest BCUT2D eigenvalue weighted by atomic mass is 16.6. The molecule has 0 aromatic rings. The van der Waals surface area contributed by atoms with Crippen molar-refractivity contribution in [1.29, 1.82) is 0 Å². The zero-order valence-corrected chi connectivity index (χ0v) is 14.1. The summed E-state index contributed by atoms with van der Waals surface area (Å²) in [7, 11) is 0. The molecule has 0 aromatic carbocycles. The summed E-state index contributed by atoms with van der Waals surface area (Å²) in [5.74, 6) is 0.220. The highest BCUT2D eigenvalue weighted by Crippen LogP contribution is 2.40. The zero-order valence-electron chi connectivity index (χ0n) is 14.1. The van der Waals surface area contributed by atoms with Crippen LogP contribution in [0.15, 0.2) is 12.3 Å². The van der Waals surface area contributed by atoms with Gasteiger partial charge in [0.15, 0.2) is 0 Å². The number of nitrogens with two attached hydrogens (primary N) is 1. The molecule has 6 nitrogen and oxygen atoms in total. The number of esters is 2. The smallest absolute Gasteiger partial charge is 0.353 e. The first kappa shape index (κ1) is 17.3. The van der Waals surface area contributed by atoms with Gasteiger partial charge in [-0.15, -0.1) is 0 Å². The van der Waals surface area contributed by atoms with Gasteiger partial charge in [-0.2, -0.15) is 0 Å². The van der Waals surface area contributed by atoms with Gasteiger partial charge in [-0.25, -0.2) is 4.79 Å². The maximum Gasteiger partial charge on any atom is 0.353 e. The van der Waals surface area contributed by atoms with Crippen molar-refractivity contribution >= 4 is 11.9 Å². The zero-order chi connectivity index (χ0) is 17.1. The second-order valence-corrected chi connectivity index (χ2v) is 7.36. The number of ether oxygens (including phenoxy) is 3.